The van der Waals surface area contributed by atoms with Gasteiger partial charge in [0.1, 0.15) is 23.2 Å². The van der Waals surface area contributed by atoms with E-state index in [9.17, 15) is 0 Å². The molecule has 1 unspecified atom stereocenters. The molecule has 1 N–H and O–H groups in total. The van der Waals surface area contributed by atoms with Gasteiger partial charge in [-0.2, -0.15) is 0 Å². The fourth-order valence-corrected chi connectivity index (χ4v) is 10.2. The Kier molecular flexibility index (Phi) is 7.43. The van der Waals surface area contributed by atoms with Crippen molar-refractivity contribution in [2.24, 2.45) is 9.98 Å². The minimum absolute atomic E-state index is 0.392. The van der Waals surface area contributed by atoms with E-state index >= 15 is 0 Å². The first-order chi connectivity index (χ1) is 28.7. The second-order valence-electron chi connectivity index (χ2n) is 14.9. The SMILES string of the molecule is c1ccc(C2=NC(c3ccc(-c4cccc5c4sc4c(-c6ccccc6)cccc45)c4ccc5ccccc5c34)=NC(c3ccc4c(c3)oc3ccccc34)N2)cc1. The molecule has 5 heteroatoms. The summed E-state index contributed by atoms with van der Waals surface area (Å²) in [6.45, 7) is 0. The molecular formula is C53H33N3OS. The van der Waals surface area contributed by atoms with Crippen LogP contribution in [0.15, 0.2) is 202 Å². The van der Waals surface area contributed by atoms with E-state index in [2.05, 4.69) is 175 Å². The Morgan fingerprint density at radius 3 is 1.91 bits per heavy atom. The van der Waals surface area contributed by atoms with E-state index in [1.165, 1.54) is 58.6 Å². The summed E-state index contributed by atoms with van der Waals surface area (Å²) >= 11 is 1.89. The highest BCUT2D eigenvalue weighted by Crippen LogP contribution is 2.46. The van der Waals surface area contributed by atoms with E-state index in [1.807, 2.05) is 29.5 Å². The van der Waals surface area contributed by atoms with Gasteiger partial charge in [0, 0.05) is 58.6 Å². The van der Waals surface area contributed by atoms with Crippen LogP contribution in [0.2, 0.25) is 0 Å². The van der Waals surface area contributed by atoms with E-state index in [4.69, 9.17) is 14.4 Å². The second kappa shape index (κ2) is 13.1. The molecule has 0 saturated heterocycles. The zero-order chi connectivity index (χ0) is 38.2. The van der Waals surface area contributed by atoms with Crippen LogP contribution < -0.4 is 5.32 Å². The molecule has 0 fully saturated rings. The number of amidine groups is 2. The quantitative estimate of drug-likeness (QED) is 0.178. The van der Waals surface area contributed by atoms with Gasteiger partial charge in [-0.25, -0.2) is 9.98 Å². The van der Waals surface area contributed by atoms with Gasteiger partial charge in [0.2, 0.25) is 0 Å². The summed E-state index contributed by atoms with van der Waals surface area (Å²) in [6.07, 6.45) is -0.392. The van der Waals surface area contributed by atoms with Crippen molar-refractivity contribution in [3.8, 4) is 22.3 Å². The van der Waals surface area contributed by atoms with Crippen molar-refractivity contribution >= 4 is 86.7 Å². The number of rotatable bonds is 5. The van der Waals surface area contributed by atoms with Crippen LogP contribution >= 0.6 is 11.3 Å². The molecule has 1 aliphatic rings. The first kappa shape index (κ1) is 32.9. The summed E-state index contributed by atoms with van der Waals surface area (Å²) < 4.78 is 8.93. The van der Waals surface area contributed by atoms with Crippen LogP contribution in [0.1, 0.15) is 22.9 Å². The zero-order valence-corrected chi connectivity index (χ0v) is 32.0. The molecule has 0 spiro atoms. The van der Waals surface area contributed by atoms with E-state index in [1.54, 1.807) is 0 Å². The molecule has 0 bridgehead atoms. The summed E-state index contributed by atoms with van der Waals surface area (Å²) in [4.78, 5) is 10.7. The van der Waals surface area contributed by atoms with Crippen LogP contribution in [0.5, 0.6) is 0 Å². The Bertz CT molecular complexity index is 3490. The highest BCUT2D eigenvalue weighted by Gasteiger charge is 2.25. The normalized spacial score (nSPS) is 14.4. The molecule has 0 amide bonds. The van der Waals surface area contributed by atoms with Crippen LogP contribution in [0.25, 0.3) is 85.9 Å². The van der Waals surface area contributed by atoms with Gasteiger partial charge < -0.3 is 9.73 Å². The Morgan fingerprint density at radius 2 is 1.09 bits per heavy atom. The number of hydrogen-bond acceptors (Lipinski definition) is 5. The monoisotopic (exact) mass is 759 g/mol. The molecule has 0 radical (unpaired) electrons. The first-order valence-corrected chi connectivity index (χ1v) is 20.4. The lowest BCUT2D eigenvalue weighted by atomic mass is 9.90. The van der Waals surface area contributed by atoms with Crippen molar-refractivity contribution < 1.29 is 4.42 Å². The van der Waals surface area contributed by atoms with E-state index in [0.717, 1.165) is 49.9 Å². The molecular weight excluding hydrogens is 727 g/mol. The zero-order valence-electron chi connectivity index (χ0n) is 31.2. The molecule has 272 valence electrons. The lowest BCUT2D eigenvalue weighted by Gasteiger charge is -2.24. The van der Waals surface area contributed by atoms with Gasteiger partial charge in [-0.05, 0) is 51.0 Å². The fourth-order valence-electron chi connectivity index (χ4n) is 8.82. The van der Waals surface area contributed by atoms with Crippen molar-refractivity contribution in [2.75, 3.05) is 0 Å². The molecule has 11 aromatic rings. The number of aliphatic imine (C=N–C) groups is 2. The maximum absolute atomic E-state index is 6.34. The van der Waals surface area contributed by atoms with Gasteiger partial charge in [-0.15, -0.1) is 11.3 Å². The molecule has 3 heterocycles. The van der Waals surface area contributed by atoms with Crippen molar-refractivity contribution in [3.05, 3.63) is 205 Å². The van der Waals surface area contributed by atoms with Gasteiger partial charge in [-0.1, -0.05) is 170 Å². The van der Waals surface area contributed by atoms with Crippen molar-refractivity contribution in [1.29, 1.82) is 0 Å². The van der Waals surface area contributed by atoms with Gasteiger partial charge in [-0.3, -0.25) is 0 Å². The van der Waals surface area contributed by atoms with Crippen LogP contribution in [0.4, 0.5) is 0 Å². The van der Waals surface area contributed by atoms with Crippen LogP contribution in [0.3, 0.4) is 0 Å². The number of thiophene rings is 1. The number of fused-ring (bicyclic) bond motifs is 9. The van der Waals surface area contributed by atoms with E-state index in [-0.39, 0.29) is 0 Å². The Hall–Kier alpha value is -7.34. The molecule has 2 aromatic heterocycles. The molecule has 12 rings (SSSR count). The third-order valence-corrected chi connectivity index (χ3v) is 12.8. The molecule has 1 atom stereocenters. The summed E-state index contributed by atoms with van der Waals surface area (Å²) in [6, 6.07) is 66.8. The van der Waals surface area contributed by atoms with Gasteiger partial charge >= 0.3 is 0 Å². The summed E-state index contributed by atoms with van der Waals surface area (Å²) in [7, 11) is 0. The minimum Gasteiger partial charge on any atom is -0.456 e. The highest BCUT2D eigenvalue weighted by atomic mass is 32.1. The van der Waals surface area contributed by atoms with Crippen LogP contribution in [-0.4, -0.2) is 11.7 Å². The second-order valence-corrected chi connectivity index (χ2v) is 15.9. The lowest BCUT2D eigenvalue weighted by Crippen LogP contribution is -2.33. The number of furan rings is 1. The molecule has 1 aliphatic heterocycles. The Balaban J connectivity index is 1.08. The third kappa shape index (κ3) is 5.21. The van der Waals surface area contributed by atoms with Crippen molar-refractivity contribution in [1.82, 2.24) is 5.32 Å². The maximum Gasteiger partial charge on any atom is 0.160 e. The van der Waals surface area contributed by atoms with Gasteiger partial charge in [0.15, 0.2) is 5.84 Å². The summed E-state index contributed by atoms with van der Waals surface area (Å²) in [5.74, 6) is 1.47. The molecule has 9 aromatic carbocycles. The molecule has 4 nitrogen and oxygen atoms in total. The number of para-hydroxylation sites is 1. The average Bonchev–Trinajstić information content (AvgIpc) is 3.87. The molecule has 0 aliphatic carbocycles. The number of hydrogen-bond donors (Lipinski definition) is 1. The lowest BCUT2D eigenvalue weighted by molar-refractivity contribution is 0.655. The predicted octanol–water partition coefficient (Wildman–Crippen LogP) is 14.1. The standard InChI is InChI=1S/C53H33N3OS/c1-3-13-32(14-4-1)37-20-11-22-43-44-23-12-21-42(50(44)58-49(37)43)38-29-30-45(48-36-18-8-7-15-33(36)25-28-41(38)48)53-55-51(34-16-5-2-6-17-34)54-52(56-53)35-26-27-40-39-19-9-10-24-46(39)57-47(40)31-35/h1-31,52H,(H,54,55,56). The topological polar surface area (TPSA) is 49.9 Å². The predicted molar refractivity (Wildman–Crippen MR) is 244 cm³/mol. The third-order valence-electron chi connectivity index (χ3n) is 11.6. The largest absolute Gasteiger partial charge is 0.456 e. The van der Waals surface area contributed by atoms with Crippen molar-refractivity contribution in [2.45, 2.75) is 6.17 Å². The Labute approximate surface area is 338 Å². The number of benzene rings is 9. The average molecular weight is 760 g/mol. The molecule has 58 heavy (non-hydrogen) atoms. The maximum atomic E-state index is 6.34. The van der Waals surface area contributed by atoms with Gasteiger partial charge in [0.05, 0.1) is 0 Å². The fraction of sp³-hybridized carbons (Fsp3) is 0.0189. The van der Waals surface area contributed by atoms with Crippen LogP contribution in [0, 0.1) is 0 Å². The van der Waals surface area contributed by atoms with Crippen molar-refractivity contribution in [3.63, 3.8) is 0 Å². The number of nitrogens with one attached hydrogen (secondary N) is 1. The highest BCUT2D eigenvalue weighted by molar-refractivity contribution is 7.26. The molecule has 0 saturated carbocycles. The Morgan fingerprint density at radius 1 is 0.448 bits per heavy atom. The summed E-state index contributed by atoms with van der Waals surface area (Å²) in [5.41, 5.74) is 9.63. The minimum atomic E-state index is -0.392. The smallest absolute Gasteiger partial charge is 0.160 e. The van der Waals surface area contributed by atoms with Crippen LogP contribution in [-0.2, 0) is 0 Å². The summed E-state index contributed by atoms with van der Waals surface area (Å²) in [5, 5.41) is 13.1. The van der Waals surface area contributed by atoms with E-state index in [0.29, 0.717) is 5.84 Å². The van der Waals surface area contributed by atoms with Gasteiger partial charge in [0.25, 0.3) is 0 Å². The first-order valence-electron chi connectivity index (χ1n) is 19.6. The van der Waals surface area contributed by atoms with E-state index < -0.39 is 6.17 Å². The number of nitrogens with zero attached hydrogens (tertiary/aromatic N) is 2.